The van der Waals surface area contributed by atoms with E-state index >= 15 is 0 Å². The molecule has 1 aliphatic heterocycles. The zero-order valence-corrected chi connectivity index (χ0v) is 16.9. The summed E-state index contributed by atoms with van der Waals surface area (Å²) in [5.41, 5.74) is 2.53. The van der Waals surface area contributed by atoms with Crippen LogP contribution >= 0.6 is 22.6 Å². The van der Waals surface area contributed by atoms with Gasteiger partial charge in [0.15, 0.2) is 11.5 Å². The van der Waals surface area contributed by atoms with Gasteiger partial charge in [-0.15, -0.1) is 0 Å². The quantitative estimate of drug-likeness (QED) is 0.254. The van der Waals surface area contributed by atoms with E-state index in [1.165, 1.54) is 0 Å². The highest BCUT2D eigenvalue weighted by atomic mass is 127. The van der Waals surface area contributed by atoms with E-state index in [4.69, 9.17) is 14.3 Å². The second-order valence-corrected chi connectivity index (χ2v) is 6.77. The van der Waals surface area contributed by atoms with Gasteiger partial charge >= 0.3 is 5.97 Å². The molecule has 0 unspecified atom stereocenters. The van der Waals surface area contributed by atoms with E-state index in [-0.39, 0.29) is 0 Å². The first kappa shape index (κ1) is 19.2. The van der Waals surface area contributed by atoms with Gasteiger partial charge in [-0.05, 0) is 53.3 Å². The summed E-state index contributed by atoms with van der Waals surface area (Å²) in [6.07, 6.45) is 3.43. The van der Waals surface area contributed by atoms with Crippen molar-refractivity contribution in [2.45, 2.75) is 6.92 Å². The Bertz CT molecular complexity index is 919. The Morgan fingerprint density at radius 3 is 2.70 bits per heavy atom. The highest BCUT2D eigenvalue weighted by Crippen LogP contribution is 2.35. The topological polar surface area (TPSA) is 57.1 Å². The van der Waals surface area contributed by atoms with Crippen molar-refractivity contribution < 1.29 is 19.1 Å². The van der Waals surface area contributed by atoms with Crippen molar-refractivity contribution in [1.82, 2.24) is 0 Å². The largest absolute Gasteiger partial charge is 0.490 e. The van der Waals surface area contributed by atoms with E-state index in [1.54, 1.807) is 12.2 Å². The van der Waals surface area contributed by atoms with Crippen LogP contribution in [0.4, 0.5) is 0 Å². The summed E-state index contributed by atoms with van der Waals surface area (Å²) in [7, 11) is 0. The number of halogens is 1. The van der Waals surface area contributed by atoms with E-state index in [0.717, 1.165) is 14.7 Å². The van der Waals surface area contributed by atoms with Crippen molar-refractivity contribution in [2.24, 2.45) is 5.16 Å². The summed E-state index contributed by atoms with van der Waals surface area (Å²) in [5, 5.41) is 3.93. The summed E-state index contributed by atoms with van der Waals surface area (Å²) in [6.45, 7) is 6.46. The Labute approximate surface area is 171 Å². The summed E-state index contributed by atoms with van der Waals surface area (Å²) >= 11 is 2.18. The molecule has 0 N–H and O–H groups in total. The molecule has 0 saturated carbocycles. The Balaban J connectivity index is 2.01. The maximum atomic E-state index is 12.2. The van der Waals surface area contributed by atoms with Gasteiger partial charge in [-0.2, -0.15) is 0 Å². The van der Waals surface area contributed by atoms with Crippen molar-refractivity contribution >= 4 is 40.3 Å². The van der Waals surface area contributed by atoms with Gasteiger partial charge in [0.05, 0.1) is 15.8 Å². The van der Waals surface area contributed by atoms with Crippen molar-refractivity contribution in [1.29, 1.82) is 0 Å². The smallest absolute Gasteiger partial charge is 0.368 e. The molecule has 0 saturated heterocycles. The van der Waals surface area contributed by atoms with E-state index in [1.807, 2.05) is 49.4 Å². The van der Waals surface area contributed by atoms with Crippen LogP contribution in [0, 0.1) is 3.57 Å². The van der Waals surface area contributed by atoms with Crippen molar-refractivity contribution in [3.05, 3.63) is 75.4 Å². The van der Waals surface area contributed by atoms with E-state index in [0.29, 0.717) is 36.0 Å². The van der Waals surface area contributed by atoms with Gasteiger partial charge in [0, 0.05) is 5.56 Å². The van der Waals surface area contributed by atoms with Crippen LogP contribution in [-0.2, 0) is 9.63 Å². The third kappa shape index (κ3) is 4.39. The third-order valence-electron chi connectivity index (χ3n) is 3.73. The first-order valence-corrected chi connectivity index (χ1v) is 9.48. The zero-order chi connectivity index (χ0) is 19.2. The molecule has 0 radical (unpaired) electrons. The number of carbonyl (C=O) groups is 1. The number of carbonyl (C=O) groups excluding carboxylic acids is 1. The maximum Gasteiger partial charge on any atom is 0.368 e. The van der Waals surface area contributed by atoms with Gasteiger partial charge in [-0.3, -0.25) is 0 Å². The van der Waals surface area contributed by atoms with Gasteiger partial charge in [0.2, 0.25) is 0 Å². The van der Waals surface area contributed by atoms with Crippen LogP contribution in [0.3, 0.4) is 0 Å². The summed E-state index contributed by atoms with van der Waals surface area (Å²) < 4.78 is 12.3. The lowest BCUT2D eigenvalue weighted by molar-refractivity contribution is -0.136. The molecule has 0 aliphatic carbocycles. The number of nitrogens with zero attached hydrogens (tertiary/aromatic N) is 1. The standard InChI is InChI=1S/C21H18INO4/c1-3-10-26-20-17(22)12-14(13-18(20)25-4-2)11-16-19(23-27-21(16)24)15-8-6-5-7-9-15/h3,5-9,11-13H,1,4,10H2,2H3/b16-11-. The Hall–Kier alpha value is -2.61. The lowest BCUT2D eigenvalue weighted by Crippen LogP contribution is -2.07. The minimum absolute atomic E-state index is 0.383. The zero-order valence-electron chi connectivity index (χ0n) is 14.8. The molecule has 0 fully saturated rings. The average Bonchev–Trinajstić information content (AvgIpc) is 3.03. The maximum absolute atomic E-state index is 12.2. The molecule has 1 heterocycles. The molecule has 3 rings (SSSR count). The highest BCUT2D eigenvalue weighted by molar-refractivity contribution is 14.1. The van der Waals surface area contributed by atoms with Gasteiger partial charge < -0.3 is 14.3 Å². The predicted octanol–water partition coefficient (Wildman–Crippen LogP) is 4.60. The van der Waals surface area contributed by atoms with Gasteiger partial charge in [0.1, 0.15) is 12.3 Å². The molecule has 0 atom stereocenters. The number of rotatable bonds is 7. The molecule has 27 heavy (non-hydrogen) atoms. The second kappa shape index (κ2) is 8.85. The van der Waals surface area contributed by atoms with E-state index < -0.39 is 5.97 Å². The number of oxime groups is 1. The number of hydrogen-bond acceptors (Lipinski definition) is 5. The van der Waals surface area contributed by atoms with Gasteiger partial charge in [0.25, 0.3) is 0 Å². The average molecular weight is 475 g/mol. The Morgan fingerprint density at radius 2 is 2.00 bits per heavy atom. The number of ether oxygens (including phenoxy) is 2. The van der Waals surface area contributed by atoms with E-state index in [9.17, 15) is 4.79 Å². The van der Waals surface area contributed by atoms with Crippen LogP contribution in [0.5, 0.6) is 11.5 Å². The highest BCUT2D eigenvalue weighted by Gasteiger charge is 2.27. The molecular weight excluding hydrogens is 457 g/mol. The molecule has 0 bridgehead atoms. The first-order chi connectivity index (χ1) is 13.1. The van der Waals surface area contributed by atoms with Crippen LogP contribution in [0.1, 0.15) is 18.1 Å². The lowest BCUT2D eigenvalue weighted by atomic mass is 10.0. The second-order valence-electron chi connectivity index (χ2n) is 5.61. The Morgan fingerprint density at radius 1 is 1.22 bits per heavy atom. The lowest BCUT2D eigenvalue weighted by Gasteiger charge is -2.14. The molecule has 6 heteroatoms. The minimum atomic E-state index is -0.478. The van der Waals surface area contributed by atoms with E-state index in [2.05, 4.69) is 34.3 Å². The van der Waals surface area contributed by atoms with Crippen molar-refractivity contribution in [2.75, 3.05) is 13.2 Å². The normalized spacial score (nSPS) is 14.7. The summed E-state index contributed by atoms with van der Waals surface area (Å²) in [6, 6.07) is 13.2. The van der Waals surface area contributed by atoms with Crippen LogP contribution in [0.2, 0.25) is 0 Å². The monoisotopic (exact) mass is 475 g/mol. The van der Waals surface area contributed by atoms with Gasteiger partial charge in [-0.1, -0.05) is 48.1 Å². The molecular formula is C21H18INO4. The summed E-state index contributed by atoms with van der Waals surface area (Å²) in [4.78, 5) is 17.1. The Kier molecular flexibility index (Phi) is 6.28. The molecule has 1 aliphatic rings. The summed E-state index contributed by atoms with van der Waals surface area (Å²) in [5.74, 6) is 0.793. The minimum Gasteiger partial charge on any atom is -0.490 e. The fraction of sp³-hybridized carbons (Fsp3) is 0.143. The molecule has 138 valence electrons. The first-order valence-electron chi connectivity index (χ1n) is 8.41. The molecule has 0 aromatic heterocycles. The predicted molar refractivity (Wildman–Crippen MR) is 113 cm³/mol. The van der Waals surface area contributed by atoms with Crippen LogP contribution in [-0.4, -0.2) is 24.9 Å². The molecule has 5 nitrogen and oxygen atoms in total. The number of hydrogen-bond donors (Lipinski definition) is 0. The fourth-order valence-electron chi connectivity index (χ4n) is 2.60. The molecule has 2 aromatic carbocycles. The molecule has 0 amide bonds. The van der Waals surface area contributed by atoms with Crippen molar-refractivity contribution in [3.8, 4) is 11.5 Å². The number of benzene rings is 2. The van der Waals surface area contributed by atoms with Crippen LogP contribution in [0.15, 0.2) is 65.8 Å². The fourth-order valence-corrected chi connectivity index (χ4v) is 3.38. The SMILES string of the molecule is C=CCOc1c(I)cc(/C=C2\C(=O)ON=C2c2ccccc2)cc1OCC. The molecule has 2 aromatic rings. The van der Waals surface area contributed by atoms with Crippen LogP contribution < -0.4 is 9.47 Å². The van der Waals surface area contributed by atoms with Crippen LogP contribution in [0.25, 0.3) is 6.08 Å². The molecule has 0 spiro atoms. The van der Waals surface area contributed by atoms with Gasteiger partial charge in [-0.25, -0.2) is 4.79 Å². The van der Waals surface area contributed by atoms with Crippen molar-refractivity contribution in [3.63, 3.8) is 0 Å². The third-order valence-corrected chi connectivity index (χ3v) is 4.53.